The molecular formula is C15H20FIN2O. The molecule has 0 saturated carbocycles. The molecule has 20 heavy (non-hydrogen) atoms. The van der Waals surface area contributed by atoms with Crippen LogP contribution in [0.15, 0.2) is 18.2 Å². The second-order valence-electron chi connectivity index (χ2n) is 5.56. The van der Waals surface area contributed by atoms with E-state index in [1.54, 1.807) is 24.1 Å². The van der Waals surface area contributed by atoms with Crippen molar-refractivity contribution in [2.75, 3.05) is 33.7 Å². The number of nitrogens with zero attached hydrogens (tertiary/aromatic N) is 2. The van der Waals surface area contributed by atoms with Gasteiger partial charge in [-0.2, -0.15) is 0 Å². The maximum Gasteiger partial charge on any atom is 0.256 e. The molecule has 1 aromatic carbocycles. The Bertz CT molecular complexity index is 487. The van der Waals surface area contributed by atoms with E-state index in [2.05, 4.69) is 34.5 Å². The van der Waals surface area contributed by atoms with Gasteiger partial charge in [-0.25, -0.2) is 4.39 Å². The largest absolute Gasteiger partial charge is 0.341 e. The van der Waals surface area contributed by atoms with Crippen LogP contribution in [-0.4, -0.2) is 49.4 Å². The number of hydrogen-bond acceptors (Lipinski definition) is 2. The number of benzene rings is 1. The highest BCUT2D eigenvalue weighted by Crippen LogP contribution is 2.19. The van der Waals surface area contributed by atoms with Gasteiger partial charge in [-0.15, -0.1) is 0 Å². The Morgan fingerprint density at radius 1 is 1.45 bits per heavy atom. The molecule has 0 spiro atoms. The number of carbonyl (C=O) groups excluding carboxylic acids is 1. The first kappa shape index (κ1) is 15.7. The first-order chi connectivity index (χ1) is 9.47. The summed E-state index contributed by atoms with van der Waals surface area (Å²) in [6, 6.07) is 4.64. The number of hydrogen-bond donors (Lipinski definition) is 0. The fourth-order valence-electron chi connectivity index (χ4n) is 2.58. The molecule has 1 aliphatic heterocycles. The molecule has 0 aromatic heterocycles. The van der Waals surface area contributed by atoms with Crippen LogP contribution < -0.4 is 0 Å². The summed E-state index contributed by atoms with van der Waals surface area (Å²) in [6.07, 6.45) is 2.20. The standard InChI is InChI=1S/C15H20FIN2O/c1-18-7-5-11(6-8-18)10-19(2)15(20)13-9-12(17)3-4-14(13)16/h3-4,9,11H,5-8,10H2,1-2H3. The molecule has 1 aromatic rings. The van der Waals surface area contributed by atoms with Gasteiger partial charge >= 0.3 is 0 Å². The second kappa shape index (κ2) is 6.85. The van der Waals surface area contributed by atoms with E-state index < -0.39 is 5.82 Å². The normalized spacial score (nSPS) is 17.2. The van der Waals surface area contributed by atoms with Crippen molar-refractivity contribution in [1.82, 2.24) is 9.80 Å². The second-order valence-corrected chi connectivity index (χ2v) is 6.80. The van der Waals surface area contributed by atoms with Crippen LogP contribution in [0.2, 0.25) is 0 Å². The van der Waals surface area contributed by atoms with Gasteiger partial charge in [0.1, 0.15) is 5.82 Å². The van der Waals surface area contributed by atoms with E-state index in [1.165, 1.54) is 6.07 Å². The number of halogens is 2. The average Bonchev–Trinajstić information content (AvgIpc) is 2.43. The summed E-state index contributed by atoms with van der Waals surface area (Å²) in [5.41, 5.74) is 0.173. The minimum atomic E-state index is -0.439. The Balaban J connectivity index is 1.99. The Morgan fingerprint density at radius 3 is 2.75 bits per heavy atom. The summed E-state index contributed by atoms with van der Waals surface area (Å²) in [4.78, 5) is 16.3. The van der Waals surface area contributed by atoms with Crippen LogP contribution in [0, 0.1) is 15.3 Å². The van der Waals surface area contributed by atoms with E-state index in [0.29, 0.717) is 12.5 Å². The Morgan fingerprint density at radius 2 is 2.10 bits per heavy atom. The van der Waals surface area contributed by atoms with E-state index >= 15 is 0 Å². The highest BCUT2D eigenvalue weighted by atomic mass is 127. The molecule has 110 valence electrons. The summed E-state index contributed by atoms with van der Waals surface area (Å²) in [6.45, 7) is 2.85. The molecular weight excluding hydrogens is 370 g/mol. The first-order valence-electron chi connectivity index (χ1n) is 6.86. The number of likely N-dealkylation sites (tertiary alicyclic amines) is 1. The van der Waals surface area contributed by atoms with Gasteiger partial charge in [-0.05, 0) is 79.7 Å². The molecule has 1 fully saturated rings. The molecule has 0 radical (unpaired) electrons. The van der Waals surface area contributed by atoms with Gasteiger partial charge < -0.3 is 9.80 Å². The third-order valence-electron chi connectivity index (χ3n) is 3.88. The molecule has 1 heterocycles. The SMILES string of the molecule is CN1CCC(CN(C)C(=O)c2cc(I)ccc2F)CC1. The summed E-state index contributed by atoms with van der Waals surface area (Å²) in [5.74, 6) is -0.142. The molecule has 1 amide bonds. The van der Waals surface area contributed by atoms with Gasteiger partial charge in [0.05, 0.1) is 5.56 Å². The predicted octanol–water partition coefficient (Wildman–Crippen LogP) is 2.84. The quantitative estimate of drug-likeness (QED) is 0.742. The van der Waals surface area contributed by atoms with Crippen molar-refractivity contribution in [2.45, 2.75) is 12.8 Å². The third kappa shape index (κ3) is 3.91. The van der Waals surface area contributed by atoms with E-state index in [0.717, 1.165) is 29.5 Å². The van der Waals surface area contributed by atoms with Crippen LogP contribution in [0.25, 0.3) is 0 Å². The van der Waals surface area contributed by atoms with Crippen LogP contribution in [-0.2, 0) is 0 Å². The molecule has 5 heteroatoms. The van der Waals surface area contributed by atoms with Crippen LogP contribution >= 0.6 is 22.6 Å². The highest BCUT2D eigenvalue weighted by Gasteiger charge is 2.22. The molecule has 0 bridgehead atoms. The van der Waals surface area contributed by atoms with Crippen molar-refractivity contribution >= 4 is 28.5 Å². The Labute approximate surface area is 133 Å². The van der Waals surface area contributed by atoms with Gasteiger partial charge in [-0.1, -0.05) is 0 Å². The average molecular weight is 390 g/mol. The monoisotopic (exact) mass is 390 g/mol. The van der Waals surface area contributed by atoms with Crippen molar-refractivity contribution in [3.8, 4) is 0 Å². The lowest BCUT2D eigenvalue weighted by Gasteiger charge is -2.31. The number of amides is 1. The van der Waals surface area contributed by atoms with Crippen molar-refractivity contribution in [3.05, 3.63) is 33.1 Å². The maximum absolute atomic E-state index is 13.8. The zero-order chi connectivity index (χ0) is 14.7. The van der Waals surface area contributed by atoms with Gasteiger partial charge in [0.15, 0.2) is 0 Å². The van der Waals surface area contributed by atoms with Crippen molar-refractivity contribution < 1.29 is 9.18 Å². The number of piperidine rings is 1. The molecule has 0 aliphatic carbocycles. The van der Waals surface area contributed by atoms with Crippen LogP contribution in [0.4, 0.5) is 4.39 Å². The Kier molecular flexibility index (Phi) is 5.37. The fourth-order valence-corrected chi connectivity index (χ4v) is 3.07. The summed E-state index contributed by atoms with van der Waals surface area (Å²) in [7, 11) is 3.88. The van der Waals surface area contributed by atoms with Crippen molar-refractivity contribution in [2.24, 2.45) is 5.92 Å². The van der Waals surface area contributed by atoms with E-state index in [9.17, 15) is 9.18 Å². The minimum Gasteiger partial charge on any atom is -0.341 e. The maximum atomic E-state index is 13.8. The zero-order valence-electron chi connectivity index (χ0n) is 11.9. The van der Waals surface area contributed by atoms with E-state index in [1.807, 2.05) is 0 Å². The van der Waals surface area contributed by atoms with E-state index in [-0.39, 0.29) is 11.5 Å². The molecule has 3 nitrogen and oxygen atoms in total. The van der Waals surface area contributed by atoms with Gasteiger partial charge in [0, 0.05) is 17.2 Å². The lowest BCUT2D eigenvalue weighted by molar-refractivity contribution is 0.0742. The van der Waals surface area contributed by atoms with Gasteiger partial charge in [0.2, 0.25) is 0 Å². The van der Waals surface area contributed by atoms with Gasteiger partial charge in [-0.3, -0.25) is 4.79 Å². The molecule has 1 aliphatic rings. The third-order valence-corrected chi connectivity index (χ3v) is 4.55. The molecule has 1 saturated heterocycles. The molecule has 0 unspecified atom stereocenters. The predicted molar refractivity (Wildman–Crippen MR) is 86.3 cm³/mol. The zero-order valence-corrected chi connectivity index (χ0v) is 14.1. The number of carbonyl (C=O) groups is 1. The van der Waals surface area contributed by atoms with Crippen LogP contribution in [0.5, 0.6) is 0 Å². The van der Waals surface area contributed by atoms with E-state index in [4.69, 9.17) is 0 Å². The minimum absolute atomic E-state index is 0.173. The van der Waals surface area contributed by atoms with Gasteiger partial charge in [0.25, 0.3) is 5.91 Å². The Hall–Kier alpha value is -0.690. The summed E-state index contributed by atoms with van der Waals surface area (Å²) < 4.78 is 14.6. The van der Waals surface area contributed by atoms with Crippen LogP contribution in [0.3, 0.4) is 0 Å². The lowest BCUT2D eigenvalue weighted by Crippen LogP contribution is -2.38. The van der Waals surface area contributed by atoms with Crippen LogP contribution in [0.1, 0.15) is 23.2 Å². The van der Waals surface area contributed by atoms with Crippen molar-refractivity contribution in [1.29, 1.82) is 0 Å². The molecule has 2 rings (SSSR count). The summed E-state index contributed by atoms with van der Waals surface area (Å²) >= 11 is 2.09. The highest BCUT2D eigenvalue weighted by molar-refractivity contribution is 14.1. The molecule has 0 N–H and O–H groups in total. The number of rotatable bonds is 3. The fraction of sp³-hybridized carbons (Fsp3) is 0.533. The smallest absolute Gasteiger partial charge is 0.256 e. The lowest BCUT2D eigenvalue weighted by atomic mass is 9.96. The summed E-state index contributed by atoms with van der Waals surface area (Å²) in [5, 5.41) is 0. The molecule has 0 atom stereocenters. The van der Waals surface area contributed by atoms with Crippen molar-refractivity contribution in [3.63, 3.8) is 0 Å². The topological polar surface area (TPSA) is 23.6 Å². The first-order valence-corrected chi connectivity index (χ1v) is 7.94.